The van der Waals surface area contributed by atoms with Crippen molar-refractivity contribution in [1.29, 1.82) is 0 Å². The molecule has 1 amide bonds. The summed E-state index contributed by atoms with van der Waals surface area (Å²) in [5, 5.41) is 13.0. The number of esters is 1. The van der Waals surface area contributed by atoms with Crippen LogP contribution in [0.15, 0.2) is 96.3 Å². The van der Waals surface area contributed by atoms with Gasteiger partial charge in [0.15, 0.2) is 17.4 Å². The van der Waals surface area contributed by atoms with Crippen molar-refractivity contribution in [2.75, 3.05) is 5.32 Å². The van der Waals surface area contributed by atoms with Gasteiger partial charge >= 0.3 is 5.97 Å². The van der Waals surface area contributed by atoms with Gasteiger partial charge in [-0.1, -0.05) is 54.6 Å². The molecule has 0 bridgehead atoms. The molecular formula is C24H19NO5. The molecule has 2 N–H and O–H groups in total. The summed E-state index contributed by atoms with van der Waals surface area (Å²) in [6.07, 6.45) is -0.594. The molecule has 0 fully saturated rings. The first-order chi connectivity index (χ1) is 14.6. The quantitative estimate of drug-likeness (QED) is 0.472. The Labute approximate surface area is 173 Å². The summed E-state index contributed by atoms with van der Waals surface area (Å²) in [6.45, 7) is 0. The molecule has 3 aromatic rings. The lowest BCUT2D eigenvalue weighted by atomic mass is 10.1. The molecule has 1 unspecified atom stereocenters. The van der Waals surface area contributed by atoms with E-state index in [0.717, 1.165) is 5.56 Å². The van der Waals surface area contributed by atoms with E-state index >= 15 is 0 Å². The Balaban J connectivity index is 1.47. The molecule has 0 spiro atoms. The zero-order valence-corrected chi connectivity index (χ0v) is 15.9. The summed E-state index contributed by atoms with van der Waals surface area (Å²) >= 11 is 0. The molecule has 1 aliphatic heterocycles. The fourth-order valence-corrected chi connectivity index (χ4v) is 3.14. The van der Waals surface area contributed by atoms with E-state index in [1.54, 1.807) is 24.3 Å². The smallest absolute Gasteiger partial charge is 0.348 e. The van der Waals surface area contributed by atoms with Crippen LogP contribution in [0, 0.1) is 0 Å². The molecule has 0 aromatic heterocycles. The third kappa shape index (κ3) is 4.33. The first-order valence-electron chi connectivity index (χ1n) is 9.42. The van der Waals surface area contributed by atoms with Gasteiger partial charge in [-0.25, -0.2) is 4.79 Å². The van der Waals surface area contributed by atoms with Crippen LogP contribution in [0.3, 0.4) is 0 Å². The molecule has 1 aliphatic rings. The van der Waals surface area contributed by atoms with Crippen molar-refractivity contribution in [2.24, 2.45) is 0 Å². The first kappa shape index (κ1) is 19.3. The van der Waals surface area contributed by atoms with Crippen LogP contribution in [0.2, 0.25) is 0 Å². The van der Waals surface area contributed by atoms with Crippen molar-refractivity contribution in [1.82, 2.24) is 0 Å². The van der Waals surface area contributed by atoms with Crippen molar-refractivity contribution >= 4 is 17.6 Å². The molecule has 4 rings (SSSR count). The van der Waals surface area contributed by atoms with Gasteiger partial charge < -0.3 is 19.9 Å². The lowest BCUT2D eigenvalue weighted by molar-refractivity contribution is -0.140. The van der Waals surface area contributed by atoms with Gasteiger partial charge in [-0.3, -0.25) is 4.79 Å². The minimum absolute atomic E-state index is 0.287. The minimum Gasteiger partial charge on any atom is -0.507 e. The van der Waals surface area contributed by atoms with Crippen molar-refractivity contribution in [3.8, 4) is 11.5 Å². The number of rotatable bonds is 6. The number of aliphatic hydroxyl groups excluding tert-OH is 1. The Kier molecular flexibility index (Phi) is 5.48. The summed E-state index contributed by atoms with van der Waals surface area (Å²) in [5.74, 6) is -0.761. The van der Waals surface area contributed by atoms with E-state index in [1.165, 1.54) is 0 Å². The number of para-hydroxylation sites is 1. The Bertz CT molecular complexity index is 1090. The Morgan fingerprint density at radius 1 is 0.933 bits per heavy atom. The summed E-state index contributed by atoms with van der Waals surface area (Å²) in [7, 11) is 0. The zero-order valence-electron chi connectivity index (χ0n) is 15.9. The number of hydrogen-bond donors (Lipinski definition) is 2. The van der Waals surface area contributed by atoms with Crippen LogP contribution >= 0.6 is 0 Å². The molecule has 0 radical (unpaired) electrons. The average molecular weight is 401 g/mol. The molecular weight excluding hydrogens is 382 g/mol. The van der Waals surface area contributed by atoms with E-state index < -0.39 is 18.0 Å². The van der Waals surface area contributed by atoms with Gasteiger partial charge in [-0.05, 0) is 29.8 Å². The molecule has 1 heterocycles. The fourth-order valence-electron chi connectivity index (χ4n) is 3.14. The summed E-state index contributed by atoms with van der Waals surface area (Å²) in [6, 6.07) is 25.3. The number of anilines is 1. The van der Waals surface area contributed by atoms with Gasteiger partial charge in [0.05, 0.1) is 0 Å². The number of cyclic esters (lactones) is 1. The maximum absolute atomic E-state index is 12.6. The van der Waals surface area contributed by atoms with Crippen LogP contribution in [0.1, 0.15) is 5.56 Å². The van der Waals surface area contributed by atoms with E-state index in [0.29, 0.717) is 17.2 Å². The molecule has 6 heteroatoms. The minimum atomic E-state index is -0.881. The first-order valence-corrected chi connectivity index (χ1v) is 9.42. The number of carbonyl (C=O) groups excluding carboxylic acids is 2. The number of benzene rings is 3. The lowest BCUT2D eigenvalue weighted by Crippen LogP contribution is -2.19. The van der Waals surface area contributed by atoms with E-state index in [9.17, 15) is 14.7 Å². The highest BCUT2D eigenvalue weighted by molar-refractivity contribution is 6.22. The molecule has 1 atom stereocenters. The highest BCUT2D eigenvalue weighted by Crippen LogP contribution is 2.27. The highest BCUT2D eigenvalue weighted by atomic mass is 16.6. The molecule has 150 valence electrons. The Morgan fingerprint density at radius 2 is 1.60 bits per heavy atom. The number of amides is 1. The lowest BCUT2D eigenvalue weighted by Gasteiger charge is -2.09. The maximum atomic E-state index is 12.6. The fraction of sp³-hybridized carbons (Fsp3) is 0.0833. The van der Waals surface area contributed by atoms with Gasteiger partial charge in [-0.2, -0.15) is 0 Å². The monoisotopic (exact) mass is 401 g/mol. The topological polar surface area (TPSA) is 84.9 Å². The largest absolute Gasteiger partial charge is 0.507 e. The number of hydrogen-bond acceptors (Lipinski definition) is 5. The third-order valence-corrected chi connectivity index (χ3v) is 4.58. The van der Waals surface area contributed by atoms with Gasteiger partial charge in [0.25, 0.3) is 5.91 Å². The molecule has 0 saturated carbocycles. The van der Waals surface area contributed by atoms with Crippen LogP contribution in [0.4, 0.5) is 5.69 Å². The molecule has 3 aromatic carbocycles. The van der Waals surface area contributed by atoms with E-state index in [2.05, 4.69) is 5.32 Å². The number of ether oxygens (including phenoxy) is 2. The van der Waals surface area contributed by atoms with Crippen LogP contribution in [0.5, 0.6) is 11.5 Å². The maximum Gasteiger partial charge on any atom is 0.348 e. The number of carbonyl (C=O) groups is 2. The molecule has 30 heavy (non-hydrogen) atoms. The van der Waals surface area contributed by atoms with Gasteiger partial charge in [0.2, 0.25) is 0 Å². The number of nitrogens with one attached hydrogen (secondary N) is 1. The SMILES string of the molecule is O=C(Nc1cccc(Oc2ccccc2)c1)C1=C(O)C(Cc2ccccc2)OC1=O. The summed E-state index contributed by atoms with van der Waals surface area (Å²) < 4.78 is 11.0. The second kappa shape index (κ2) is 8.53. The van der Waals surface area contributed by atoms with Gasteiger partial charge in [0, 0.05) is 18.2 Å². The number of aliphatic hydroxyl groups is 1. The molecule has 6 nitrogen and oxygen atoms in total. The third-order valence-electron chi connectivity index (χ3n) is 4.58. The van der Waals surface area contributed by atoms with Crippen LogP contribution < -0.4 is 10.1 Å². The summed E-state index contributed by atoms with van der Waals surface area (Å²) in [5.41, 5.74) is 0.924. The standard InChI is InChI=1S/C24H19NO5/c26-22-20(14-16-8-3-1-4-9-16)30-24(28)21(22)23(27)25-17-10-7-13-19(15-17)29-18-11-5-2-6-12-18/h1-13,15,20,26H,14H2,(H,25,27). The average Bonchev–Trinajstić information content (AvgIpc) is 3.03. The van der Waals surface area contributed by atoms with Crippen molar-refractivity contribution in [3.05, 3.63) is 102 Å². The molecule has 0 aliphatic carbocycles. The van der Waals surface area contributed by atoms with Crippen LogP contribution in [-0.4, -0.2) is 23.1 Å². The summed E-state index contributed by atoms with van der Waals surface area (Å²) in [4.78, 5) is 24.8. The Hall–Kier alpha value is -4.06. The predicted octanol–water partition coefficient (Wildman–Crippen LogP) is 4.40. The van der Waals surface area contributed by atoms with Crippen LogP contribution in [-0.2, 0) is 20.7 Å². The molecule has 0 saturated heterocycles. The highest BCUT2D eigenvalue weighted by Gasteiger charge is 2.38. The van der Waals surface area contributed by atoms with Crippen LogP contribution in [0.25, 0.3) is 0 Å². The van der Waals surface area contributed by atoms with Gasteiger partial charge in [0.1, 0.15) is 11.5 Å². The van der Waals surface area contributed by atoms with Crippen molar-refractivity contribution in [3.63, 3.8) is 0 Å². The zero-order chi connectivity index (χ0) is 20.9. The second-order valence-corrected chi connectivity index (χ2v) is 6.74. The van der Waals surface area contributed by atoms with E-state index in [1.807, 2.05) is 60.7 Å². The van der Waals surface area contributed by atoms with Gasteiger partial charge in [-0.15, -0.1) is 0 Å². The van der Waals surface area contributed by atoms with E-state index in [-0.39, 0.29) is 17.8 Å². The predicted molar refractivity (Wildman–Crippen MR) is 111 cm³/mol. The normalized spacial score (nSPS) is 15.6. The second-order valence-electron chi connectivity index (χ2n) is 6.74. The van der Waals surface area contributed by atoms with Crippen molar-refractivity contribution < 1.29 is 24.2 Å². The van der Waals surface area contributed by atoms with Crippen molar-refractivity contribution in [2.45, 2.75) is 12.5 Å². The van der Waals surface area contributed by atoms with E-state index in [4.69, 9.17) is 9.47 Å². The Morgan fingerprint density at radius 3 is 2.33 bits per heavy atom.